The fourth-order valence-electron chi connectivity index (χ4n) is 5.22. The number of fused-ring (bicyclic) bond motifs is 9. The Kier molecular flexibility index (Phi) is 13.1. The third kappa shape index (κ3) is 8.10. The van der Waals surface area contributed by atoms with E-state index in [1.165, 1.54) is 23.0 Å². The number of aromatic hydroxyl groups is 1. The van der Waals surface area contributed by atoms with Crippen LogP contribution in [0.5, 0.6) is 17.2 Å². The molecule has 0 fully saturated rings. The van der Waals surface area contributed by atoms with Crippen LogP contribution in [0.4, 0.5) is 0 Å². The van der Waals surface area contributed by atoms with Crippen LogP contribution < -0.4 is 9.47 Å². The molecule has 250 valence electrons. The number of nitriles is 1. The second kappa shape index (κ2) is 17.9. The van der Waals surface area contributed by atoms with Crippen LogP contribution >= 0.6 is 12.2 Å². The monoisotopic (exact) mass is 798 g/mol. The number of H-pyrrole nitrogens is 1. The van der Waals surface area contributed by atoms with Crippen molar-refractivity contribution in [2.75, 3.05) is 0 Å². The molecule has 0 saturated heterocycles. The summed E-state index contributed by atoms with van der Waals surface area (Å²) >= 11 is 7.40. The van der Waals surface area contributed by atoms with Crippen LogP contribution in [0.2, 0.25) is 0 Å². The topological polar surface area (TPSA) is 199 Å². The average molecular weight is 798 g/mol. The van der Waals surface area contributed by atoms with Gasteiger partial charge < -0.3 is 37.6 Å². The van der Waals surface area contributed by atoms with E-state index in [0.717, 1.165) is 38.4 Å². The fraction of sp³-hybridized carbons (Fsp3) is 0. The Morgan fingerprint density at radius 3 is 1.76 bits per heavy atom. The number of carbonyl (C=O) groups is 2. The van der Waals surface area contributed by atoms with Crippen molar-refractivity contribution in [1.29, 1.82) is 5.26 Å². The summed E-state index contributed by atoms with van der Waals surface area (Å²) in [7, 11) is 0. The van der Waals surface area contributed by atoms with Crippen molar-refractivity contribution in [1.82, 2.24) is 29.9 Å². The number of phenols is 1. The van der Waals surface area contributed by atoms with Crippen LogP contribution in [0, 0.1) is 10.7 Å². The van der Waals surface area contributed by atoms with Crippen LogP contribution in [0.15, 0.2) is 97.6 Å². The third-order valence-electron chi connectivity index (χ3n) is 7.08. The van der Waals surface area contributed by atoms with Crippen LogP contribution in [0.25, 0.3) is 71.4 Å². The summed E-state index contributed by atoms with van der Waals surface area (Å²) in [6.45, 7) is 0.719. The number of phenolic OH excluding ortho intramolecular Hbond substituents is 1. The predicted octanol–water partition coefficient (Wildman–Crippen LogP) is 6.56. The molecule has 16 heteroatoms. The number of rotatable bonds is 5. The first-order valence-electron chi connectivity index (χ1n) is 14.2. The first kappa shape index (κ1) is 37.5. The molecule has 0 spiro atoms. The molecular weight excluding hydrogens is 778 g/mol. The molecule has 0 aliphatic carbocycles. The first-order valence-corrected chi connectivity index (χ1v) is 15.0. The summed E-state index contributed by atoms with van der Waals surface area (Å²) in [5, 5.41) is 29.9. The number of imidazole rings is 1. The number of aromatic amines is 1. The van der Waals surface area contributed by atoms with Gasteiger partial charge in [0.1, 0.15) is 34.1 Å². The van der Waals surface area contributed by atoms with Gasteiger partial charge in [0.15, 0.2) is 0 Å². The molecule has 3 aromatic carbocycles. The Morgan fingerprint density at radius 2 is 1.24 bits per heavy atom. The minimum atomic E-state index is 0. The van der Waals surface area contributed by atoms with Gasteiger partial charge in [0, 0.05) is 51.9 Å². The molecule has 0 saturated carbocycles. The number of hydrogen-bond acceptors (Lipinski definition) is 13. The number of thiocarbonyl (C=S) groups is 1. The maximum Gasteiger partial charge on any atom is 2.00 e. The van der Waals surface area contributed by atoms with Crippen molar-refractivity contribution in [2.45, 2.75) is 0 Å². The second-order valence-electron chi connectivity index (χ2n) is 9.75. The summed E-state index contributed by atoms with van der Waals surface area (Å²) in [6, 6.07) is 21.5. The van der Waals surface area contributed by atoms with Gasteiger partial charge in [-0.3, -0.25) is 29.5 Å². The second-order valence-corrected chi connectivity index (χ2v) is 10.1. The van der Waals surface area contributed by atoms with E-state index in [0.29, 0.717) is 52.1 Å². The van der Waals surface area contributed by atoms with E-state index in [-0.39, 0.29) is 25.2 Å². The summed E-state index contributed by atoms with van der Waals surface area (Å²) in [6.07, 6.45) is 6.59. The van der Waals surface area contributed by atoms with Gasteiger partial charge in [-0.2, -0.15) is 5.16 Å². The third-order valence-corrected chi connectivity index (χ3v) is 7.08. The number of ether oxygens (including phenoxy) is 2. The molecule has 5 heterocycles. The van der Waals surface area contributed by atoms with Crippen molar-refractivity contribution < 1.29 is 43.6 Å². The molecule has 0 bridgehead atoms. The molecule has 5 aromatic heterocycles. The SMILES string of the molecule is N#C[S-].O=COc1ccnc2c1ccc1c(OC=O)ccnc12.Oc1cccc(-c2nc3c4cccnc4c4ncccc4c3[nH]2)c1.[N-]=C=S.[Ru+2]. The zero-order valence-electron chi connectivity index (χ0n) is 25.8. The fourth-order valence-corrected chi connectivity index (χ4v) is 5.22. The molecule has 0 radical (unpaired) electrons. The standard InChI is InChI=1S/C19H12N4O.C14H8N2O4.CHNS.CNS.Ru/c24-12-5-1-4-11(10-12)19-22-17-13-6-2-8-20-15(13)16-14(18(17)23-19)7-3-9-21-16;17-7-19-11-3-5-15-13-9(11)1-2-10-12(20-8-18)4-6-16-14(10)13;2*2-1-3;/h1-10,24H,(H,22,23);1-8H;3H;;/q;;;-1;+2/p-1. The van der Waals surface area contributed by atoms with E-state index < -0.39 is 0 Å². The smallest absolute Gasteiger partial charge is 0.753 e. The number of benzene rings is 3. The Morgan fingerprint density at radius 1 is 0.745 bits per heavy atom. The molecular formula is C35H20N8O5RuS2. The summed E-state index contributed by atoms with van der Waals surface area (Å²) in [4.78, 5) is 46.7. The van der Waals surface area contributed by atoms with Crippen molar-refractivity contribution >= 4 is 97.6 Å². The molecule has 0 atom stereocenters. The molecule has 0 aliphatic heterocycles. The quantitative estimate of drug-likeness (QED) is 0.0362. The Bertz CT molecular complexity index is 2450. The maximum atomic E-state index is 10.5. The number of isothiocyanates is 1. The zero-order chi connectivity index (χ0) is 35.5. The van der Waals surface area contributed by atoms with Gasteiger partial charge in [-0.1, -0.05) is 29.8 Å². The molecule has 2 N–H and O–H groups in total. The van der Waals surface area contributed by atoms with Gasteiger partial charge in [0.05, 0.1) is 22.1 Å². The van der Waals surface area contributed by atoms with Gasteiger partial charge in [-0.05, 0) is 60.7 Å². The summed E-state index contributed by atoms with van der Waals surface area (Å²) in [5.41, 5.74) is 5.45. The maximum absolute atomic E-state index is 10.5. The first-order chi connectivity index (χ1) is 24.5. The summed E-state index contributed by atoms with van der Waals surface area (Å²) in [5.74, 6) is 1.72. The number of nitrogens with zero attached hydrogens (tertiary/aromatic N) is 7. The van der Waals surface area contributed by atoms with Crippen molar-refractivity contribution in [2.24, 2.45) is 0 Å². The Labute approximate surface area is 312 Å². The van der Waals surface area contributed by atoms with E-state index >= 15 is 0 Å². The number of nitrogens with one attached hydrogen (secondary N) is 1. The van der Waals surface area contributed by atoms with Crippen LogP contribution in [0.1, 0.15) is 0 Å². The van der Waals surface area contributed by atoms with Gasteiger partial charge in [0.25, 0.3) is 12.9 Å². The van der Waals surface area contributed by atoms with Crippen molar-refractivity contribution in [3.05, 3.63) is 103 Å². The normalized spacial score (nSPS) is 9.78. The van der Waals surface area contributed by atoms with Gasteiger partial charge >= 0.3 is 19.5 Å². The van der Waals surface area contributed by atoms with Crippen molar-refractivity contribution in [3.63, 3.8) is 0 Å². The average Bonchev–Trinajstić information content (AvgIpc) is 3.60. The van der Waals surface area contributed by atoms with E-state index in [1.807, 2.05) is 30.3 Å². The predicted molar refractivity (Wildman–Crippen MR) is 193 cm³/mol. The minimum absolute atomic E-state index is 0. The molecule has 0 unspecified atom stereocenters. The van der Waals surface area contributed by atoms with E-state index in [4.69, 9.17) is 25.1 Å². The number of thiocyanates is 1. The number of hydrogen-bond donors (Lipinski definition) is 2. The zero-order valence-corrected chi connectivity index (χ0v) is 29.1. The summed E-state index contributed by atoms with van der Waals surface area (Å²) < 4.78 is 9.82. The molecule has 8 aromatic rings. The van der Waals surface area contributed by atoms with Crippen LogP contribution in [-0.4, -0.2) is 53.1 Å². The molecule has 0 aliphatic rings. The van der Waals surface area contributed by atoms with Crippen molar-refractivity contribution in [3.8, 4) is 34.0 Å². The Hall–Kier alpha value is -6.36. The molecule has 13 nitrogen and oxygen atoms in total. The molecule has 8 rings (SSSR count). The van der Waals surface area contributed by atoms with Crippen LogP contribution in [-0.2, 0) is 41.7 Å². The Balaban J connectivity index is 0.000000198. The largest absolute Gasteiger partial charge is 2.00 e. The van der Waals surface area contributed by atoms with E-state index in [1.54, 1.807) is 54.9 Å². The van der Waals surface area contributed by atoms with E-state index in [9.17, 15) is 14.7 Å². The number of aromatic nitrogens is 6. The molecule has 51 heavy (non-hydrogen) atoms. The van der Waals surface area contributed by atoms with Crippen LogP contribution in [0.3, 0.4) is 0 Å². The van der Waals surface area contributed by atoms with E-state index in [2.05, 4.69) is 49.8 Å². The van der Waals surface area contributed by atoms with Gasteiger partial charge in [-0.15, -0.1) is 0 Å². The molecule has 0 amide bonds. The van der Waals surface area contributed by atoms with Gasteiger partial charge in [0.2, 0.25) is 0 Å². The number of carbonyl (C=O) groups excluding carboxylic acids is 2. The minimum Gasteiger partial charge on any atom is -0.753 e. The van der Waals surface area contributed by atoms with Gasteiger partial charge in [-0.25, -0.2) is 10.2 Å². The number of pyridine rings is 4.